The molecule has 0 aromatic heterocycles. The number of hydrogen-bond donors (Lipinski definition) is 2. The molecule has 0 amide bonds. The first-order chi connectivity index (χ1) is 7.04. The van der Waals surface area contributed by atoms with Gasteiger partial charge in [0.2, 0.25) is 0 Å². The quantitative estimate of drug-likeness (QED) is 0.578. The molecule has 86 valence electrons. The Bertz CT molecular complexity index is 265. The molecular formula is C10H19N3S2. The molecule has 1 rings (SSSR count). The molecule has 0 spiro atoms. The minimum Gasteiger partial charge on any atom is -0.375 e. The predicted octanol–water partition coefficient (Wildman–Crippen LogP) is 2.12. The summed E-state index contributed by atoms with van der Waals surface area (Å²) in [7, 11) is 0. The zero-order valence-electron chi connectivity index (χ0n) is 9.49. The van der Waals surface area contributed by atoms with E-state index in [4.69, 9.17) is 18.0 Å². The topological polar surface area (TPSA) is 50.4 Å². The molecule has 5 heteroatoms. The van der Waals surface area contributed by atoms with Gasteiger partial charge in [-0.3, -0.25) is 5.43 Å². The third kappa shape index (κ3) is 3.65. The average molecular weight is 245 g/mol. The van der Waals surface area contributed by atoms with E-state index in [1.807, 2.05) is 0 Å². The van der Waals surface area contributed by atoms with Gasteiger partial charge in [-0.2, -0.15) is 16.9 Å². The van der Waals surface area contributed by atoms with Gasteiger partial charge in [-0.25, -0.2) is 0 Å². The SMILES string of the molecule is CCC1SC(C)C/C(=N/NC(N)=S)C1C. The highest BCUT2D eigenvalue weighted by atomic mass is 32.2. The Morgan fingerprint density at radius 1 is 1.67 bits per heavy atom. The van der Waals surface area contributed by atoms with Crippen LogP contribution in [0.3, 0.4) is 0 Å². The second-order valence-electron chi connectivity index (χ2n) is 3.97. The monoisotopic (exact) mass is 245 g/mol. The van der Waals surface area contributed by atoms with Crippen molar-refractivity contribution in [1.82, 2.24) is 5.43 Å². The summed E-state index contributed by atoms with van der Waals surface area (Å²) < 4.78 is 0. The number of thiocarbonyl (C=S) groups is 1. The standard InChI is InChI=1S/C10H19N3S2/c1-4-9-7(3)8(5-6(2)15-9)12-13-10(11)14/h6-7,9H,4-5H2,1-3H3,(H3,11,13,14)/b12-8-. The highest BCUT2D eigenvalue weighted by Crippen LogP contribution is 2.35. The summed E-state index contributed by atoms with van der Waals surface area (Å²) in [5.41, 5.74) is 9.26. The van der Waals surface area contributed by atoms with Crippen molar-refractivity contribution < 1.29 is 0 Å². The van der Waals surface area contributed by atoms with Crippen molar-refractivity contribution in [2.45, 2.75) is 44.1 Å². The van der Waals surface area contributed by atoms with Gasteiger partial charge >= 0.3 is 0 Å². The van der Waals surface area contributed by atoms with Gasteiger partial charge in [0.25, 0.3) is 0 Å². The van der Waals surface area contributed by atoms with Crippen LogP contribution in [0.1, 0.15) is 33.6 Å². The second-order valence-corrected chi connectivity index (χ2v) is 6.09. The van der Waals surface area contributed by atoms with Crippen molar-refractivity contribution in [2.24, 2.45) is 16.8 Å². The molecule has 3 N–H and O–H groups in total. The molecule has 15 heavy (non-hydrogen) atoms. The van der Waals surface area contributed by atoms with E-state index in [-0.39, 0.29) is 5.11 Å². The van der Waals surface area contributed by atoms with Crippen LogP contribution >= 0.6 is 24.0 Å². The Kier molecular flexibility index (Phi) is 4.86. The van der Waals surface area contributed by atoms with Gasteiger partial charge < -0.3 is 5.73 Å². The van der Waals surface area contributed by atoms with Crippen molar-refractivity contribution in [3.63, 3.8) is 0 Å². The number of hydrazone groups is 1. The Morgan fingerprint density at radius 3 is 2.87 bits per heavy atom. The lowest BCUT2D eigenvalue weighted by molar-refractivity contribution is 0.645. The van der Waals surface area contributed by atoms with Crippen molar-refractivity contribution >= 4 is 34.8 Å². The van der Waals surface area contributed by atoms with E-state index in [0.29, 0.717) is 16.4 Å². The van der Waals surface area contributed by atoms with E-state index in [1.165, 1.54) is 12.1 Å². The second kappa shape index (κ2) is 5.70. The maximum Gasteiger partial charge on any atom is 0.184 e. The van der Waals surface area contributed by atoms with Gasteiger partial charge in [-0.05, 0) is 25.1 Å². The van der Waals surface area contributed by atoms with E-state index in [1.54, 1.807) is 0 Å². The minimum absolute atomic E-state index is 0.244. The summed E-state index contributed by atoms with van der Waals surface area (Å²) in [6, 6.07) is 0. The predicted molar refractivity (Wildman–Crippen MR) is 72.3 cm³/mol. The van der Waals surface area contributed by atoms with Crippen LogP contribution in [0.5, 0.6) is 0 Å². The molecule has 1 heterocycles. The molecule has 3 nitrogen and oxygen atoms in total. The highest BCUT2D eigenvalue weighted by molar-refractivity contribution is 8.00. The van der Waals surface area contributed by atoms with Crippen molar-refractivity contribution in [1.29, 1.82) is 0 Å². The summed E-state index contributed by atoms with van der Waals surface area (Å²) in [6.45, 7) is 6.70. The van der Waals surface area contributed by atoms with E-state index < -0.39 is 0 Å². The maximum atomic E-state index is 5.36. The third-order valence-corrected chi connectivity index (χ3v) is 4.51. The van der Waals surface area contributed by atoms with Crippen LogP contribution in [-0.4, -0.2) is 21.3 Å². The van der Waals surface area contributed by atoms with Gasteiger partial charge in [0.15, 0.2) is 5.11 Å². The summed E-state index contributed by atoms with van der Waals surface area (Å²) in [6.07, 6.45) is 2.21. The summed E-state index contributed by atoms with van der Waals surface area (Å²) in [4.78, 5) is 0. The van der Waals surface area contributed by atoms with Crippen molar-refractivity contribution in [2.75, 3.05) is 0 Å². The molecule has 0 saturated carbocycles. The van der Waals surface area contributed by atoms with Crippen LogP contribution in [0, 0.1) is 5.92 Å². The minimum atomic E-state index is 0.244. The molecule has 0 aromatic rings. The molecule has 0 aromatic carbocycles. The van der Waals surface area contributed by atoms with E-state index in [2.05, 4.69) is 43.1 Å². The number of nitrogens with two attached hydrogens (primary N) is 1. The molecule has 1 aliphatic heterocycles. The molecular weight excluding hydrogens is 226 g/mol. The van der Waals surface area contributed by atoms with Crippen molar-refractivity contribution in [3.8, 4) is 0 Å². The zero-order valence-corrected chi connectivity index (χ0v) is 11.1. The first kappa shape index (κ1) is 12.8. The Morgan fingerprint density at radius 2 is 2.33 bits per heavy atom. The van der Waals surface area contributed by atoms with Crippen LogP contribution in [0.15, 0.2) is 5.10 Å². The lowest BCUT2D eigenvalue weighted by atomic mass is 9.95. The van der Waals surface area contributed by atoms with Gasteiger partial charge in [0.05, 0.1) is 0 Å². The molecule has 0 aliphatic carbocycles. The first-order valence-corrected chi connectivity index (χ1v) is 6.67. The largest absolute Gasteiger partial charge is 0.375 e. The van der Waals surface area contributed by atoms with Crippen LogP contribution in [0.4, 0.5) is 0 Å². The van der Waals surface area contributed by atoms with Gasteiger partial charge in [0.1, 0.15) is 0 Å². The van der Waals surface area contributed by atoms with Crippen LogP contribution in [0.2, 0.25) is 0 Å². The molecule has 1 aliphatic rings. The third-order valence-electron chi connectivity index (χ3n) is 2.70. The highest BCUT2D eigenvalue weighted by Gasteiger charge is 2.29. The number of rotatable bonds is 2. The first-order valence-electron chi connectivity index (χ1n) is 5.32. The zero-order chi connectivity index (χ0) is 11.4. The number of thioether (sulfide) groups is 1. The van der Waals surface area contributed by atoms with E-state index in [9.17, 15) is 0 Å². The van der Waals surface area contributed by atoms with Crippen molar-refractivity contribution in [3.05, 3.63) is 0 Å². The molecule has 0 bridgehead atoms. The lowest BCUT2D eigenvalue weighted by Gasteiger charge is -2.32. The molecule has 3 atom stereocenters. The molecule has 1 saturated heterocycles. The summed E-state index contributed by atoms with van der Waals surface area (Å²) in [5.74, 6) is 0.512. The summed E-state index contributed by atoms with van der Waals surface area (Å²) >= 11 is 6.80. The van der Waals surface area contributed by atoms with Gasteiger partial charge in [-0.15, -0.1) is 0 Å². The Balaban J connectivity index is 2.69. The fraction of sp³-hybridized carbons (Fsp3) is 0.800. The lowest BCUT2D eigenvalue weighted by Crippen LogP contribution is -2.35. The number of nitrogens with zero attached hydrogens (tertiary/aromatic N) is 1. The summed E-state index contributed by atoms with van der Waals surface area (Å²) in [5, 5.41) is 5.85. The molecule has 1 fully saturated rings. The van der Waals surface area contributed by atoms with E-state index >= 15 is 0 Å². The fourth-order valence-electron chi connectivity index (χ4n) is 1.88. The Hall–Kier alpha value is -0.290. The Labute approximate surface area is 101 Å². The van der Waals surface area contributed by atoms with Crippen LogP contribution < -0.4 is 11.2 Å². The molecule has 0 radical (unpaired) electrons. The normalized spacial score (nSPS) is 34.1. The average Bonchev–Trinajstić information content (AvgIpc) is 2.18. The van der Waals surface area contributed by atoms with Crippen LogP contribution in [0.25, 0.3) is 0 Å². The van der Waals surface area contributed by atoms with Gasteiger partial charge in [-0.1, -0.05) is 20.8 Å². The number of hydrogen-bond acceptors (Lipinski definition) is 3. The van der Waals surface area contributed by atoms with Gasteiger partial charge in [0, 0.05) is 22.1 Å². The van der Waals surface area contributed by atoms with E-state index in [0.717, 1.165) is 6.42 Å². The van der Waals surface area contributed by atoms with Crippen LogP contribution in [-0.2, 0) is 0 Å². The number of nitrogens with one attached hydrogen (secondary N) is 1. The fourth-order valence-corrected chi connectivity index (χ4v) is 3.38. The molecule has 3 unspecified atom stereocenters. The maximum absolute atomic E-state index is 5.36. The smallest absolute Gasteiger partial charge is 0.184 e.